The van der Waals surface area contributed by atoms with E-state index in [4.69, 9.17) is 0 Å². The van der Waals surface area contributed by atoms with E-state index in [0.717, 1.165) is 32.2 Å². The first-order valence-electron chi connectivity index (χ1n) is 8.01. The predicted octanol–water partition coefficient (Wildman–Crippen LogP) is 3.48. The van der Waals surface area contributed by atoms with Gasteiger partial charge in [-0.25, -0.2) is 0 Å². The first-order valence-corrected chi connectivity index (χ1v) is 8.81. The van der Waals surface area contributed by atoms with E-state index in [1.54, 1.807) is 0 Å². The van der Waals surface area contributed by atoms with Gasteiger partial charge in [0.1, 0.15) is 0 Å². The fourth-order valence-corrected chi connectivity index (χ4v) is 2.81. The highest BCUT2D eigenvalue weighted by Crippen LogP contribution is 2.27. The molecule has 1 aromatic rings. The van der Waals surface area contributed by atoms with Gasteiger partial charge < -0.3 is 15.1 Å². The molecule has 3 nitrogen and oxygen atoms in total. The van der Waals surface area contributed by atoms with Gasteiger partial charge in [0.15, 0.2) is 0 Å². The SMILES string of the molecule is CCCN(CCN(C)C)c1cc(Br)ccc1CNC1CC1. The number of hydrogen-bond donors (Lipinski definition) is 1. The molecule has 0 unspecified atom stereocenters. The lowest BCUT2D eigenvalue weighted by Crippen LogP contribution is -2.33. The molecule has 0 radical (unpaired) electrons. The molecule has 1 aromatic carbocycles. The normalized spacial score (nSPS) is 14.7. The Bertz CT molecular complexity index is 444. The summed E-state index contributed by atoms with van der Waals surface area (Å²) in [6.07, 6.45) is 3.85. The summed E-state index contributed by atoms with van der Waals surface area (Å²) in [5, 5.41) is 3.64. The summed E-state index contributed by atoms with van der Waals surface area (Å²) < 4.78 is 1.17. The third-order valence-electron chi connectivity index (χ3n) is 3.86. The Morgan fingerprint density at radius 1 is 1.19 bits per heavy atom. The van der Waals surface area contributed by atoms with E-state index in [9.17, 15) is 0 Å². The van der Waals surface area contributed by atoms with Crippen LogP contribution in [0, 0.1) is 0 Å². The van der Waals surface area contributed by atoms with Crippen LogP contribution in [0.1, 0.15) is 31.7 Å². The molecule has 2 rings (SSSR count). The van der Waals surface area contributed by atoms with E-state index in [1.165, 1.54) is 35.0 Å². The van der Waals surface area contributed by atoms with Gasteiger partial charge in [0, 0.05) is 42.4 Å². The fourth-order valence-electron chi connectivity index (χ4n) is 2.47. The maximum atomic E-state index is 3.64. The first-order chi connectivity index (χ1) is 10.1. The zero-order valence-electron chi connectivity index (χ0n) is 13.5. The van der Waals surface area contributed by atoms with Crippen molar-refractivity contribution in [2.75, 3.05) is 38.6 Å². The van der Waals surface area contributed by atoms with Crippen LogP contribution in [0.15, 0.2) is 22.7 Å². The number of halogens is 1. The number of likely N-dealkylation sites (N-methyl/N-ethyl adjacent to an activating group) is 1. The molecule has 0 amide bonds. The Hall–Kier alpha value is -0.580. The van der Waals surface area contributed by atoms with Gasteiger partial charge in [-0.2, -0.15) is 0 Å². The molecule has 4 heteroatoms. The van der Waals surface area contributed by atoms with E-state index >= 15 is 0 Å². The van der Waals surface area contributed by atoms with Crippen LogP contribution >= 0.6 is 15.9 Å². The lowest BCUT2D eigenvalue weighted by molar-refractivity contribution is 0.412. The average molecular weight is 354 g/mol. The summed E-state index contributed by atoms with van der Waals surface area (Å²) in [5.41, 5.74) is 2.79. The molecule has 1 fully saturated rings. The van der Waals surface area contributed by atoms with Crippen molar-refractivity contribution in [2.24, 2.45) is 0 Å². The molecule has 0 atom stereocenters. The van der Waals surface area contributed by atoms with E-state index in [1.807, 2.05) is 0 Å². The van der Waals surface area contributed by atoms with Gasteiger partial charge in [-0.1, -0.05) is 28.9 Å². The molecule has 1 saturated carbocycles. The van der Waals surface area contributed by atoms with Crippen molar-refractivity contribution in [2.45, 2.75) is 38.8 Å². The lowest BCUT2D eigenvalue weighted by atomic mass is 10.1. The summed E-state index contributed by atoms with van der Waals surface area (Å²) >= 11 is 3.63. The highest BCUT2D eigenvalue weighted by Gasteiger charge is 2.21. The van der Waals surface area contributed by atoms with Crippen LogP contribution in [0.2, 0.25) is 0 Å². The van der Waals surface area contributed by atoms with Gasteiger partial charge in [-0.05, 0) is 51.1 Å². The monoisotopic (exact) mass is 353 g/mol. The van der Waals surface area contributed by atoms with Crippen LogP contribution < -0.4 is 10.2 Å². The van der Waals surface area contributed by atoms with Gasteiger partial charge in [0.25, 0.3) is 0 Å². The van der Waals surface area contributed by atoms with Crippen molar-refractivity contribution >= 4 is 21.6 Å². The molecule has 118 valence electrons. The van der Waals surface area contributed by atoms with Gasteiger partial charge in [-0.3, -0.25) is 0 Å². The number of rotatable bonds is 9. The Morgan fingerprint density at radius 2 is 1.95 bits per heavy atom. The fraction of sp³-hybridized carbons (Fsp3) is 0.647. The minimum atomic E-state index is 0.753. The summed E-state index contributed by atoms with van der Waals surface area (Å²) in [6.45, 7) is 6.51. The summed E-state index contributed by atoms with van der Waals surface area (Å²) in [6, 6.07) is 7.44. The third-order valence-corrected chi connectivity index (χ3v) is 4.35. The smallest absolute Gasteiger partial charge is 0.0423 e. The molecule has 21 heavy (non-hydrogen) atoms. The Kier molecular flexibility index (Phi) is 6.52. The number of nitrogens with zero attached hydrogens (tertiary/aromatic N) is 2. The van der Waals surface area contributed by atoms with Crippen LogP contribution in [-0.4, -0.2) is 44.7 Å². The minimum Gasteiger partial charge on any atom is -0.370 e. The van der Waals surface area contributed by atoms with E-state index in [2.05, 4.69) is 70.3 Å². The molecular weight excluding hydrogens is 326 g/mol. The van der Waals surface area contributed by atoms with Gasteiger partial charge in [0.05, 0.1) is 0 Å². The zero-order valence-corrected chi connectivity index (χ0v) is 15.1. The van der Waals surface area contributed by atoms with Crippen LogP contribution in [0.5, 0.6) is 0 Å². The van der Waals surface area contributed by atoms with Crippen molar-refractivity contribution in [1.82, 2.24) is 10.2 Å². The number of nitrogens with one attached hydrogen (secondary N) is 1. The molecule has 0 aromatic heterocycles. The molecule has 0 aliphatic heterocycles. The second kappa shape index (κ2) is 8.16. The van der Waals surface area contributed by atoms with Crippen LogP contribution in [-0.2, 0) is 6.54 Å². The molecule has 0 heterocycles. The lowest BCUT2D eigenvalue weighted by Gasteiger charge is -2.28. The molecule has 1 aliphatic rings. The van der Waals surface area contributed by atoms with E-state index in [0.29, 0.717) is 0 Å². The third kappa shape index (κ3) is 5.61. The first kappa shape index (κ1) is 16.8. The van der Waals surface area contributed by atoms with E-state index in [-0.39, 0.29) is 0 Å². The van der Waals surface area contributed by atoms with E-state index < -0.39 is 0 Å². The Labute approximate surface area is 137 Å². The van der Waals surface area contributed by atoms with Crippen molar-refractivity contribution in [3.63, 3.8) is 0 Å². The van der Waals surface area contributed by atoms with Crippen LogP contribution in [0.3, 0.4) is 0 Å². The molecule has 0 saturated heterocycles. The quantitative estimate of drug-likeness (QED) is 0.733. The molecule has 1 N–H and O–H groups in total. The summed E-state index contributed by atoms with van der Waals surface area (Å²) in [7, 11) is 4.28. The van der Waals surface area contributed by atoms with Crippen molar-refractivity contribution in [1.29, 1.82) is 0 Å². The maximum Gasteiger partial charge on any atom is 0.0423 e. The highest BCUT2D eigenvalue weighted by atomic mass is 79.9. The van der Waals surface area contributed by atoms with Crippen molar-refractivity contribution in [3.8, 4) is 0 Å². The summed E-state index contributed by atoms with van der Waals surface area (Å²) in [5.74, 6) is 0. The highest BCUT2D eigenvalue weighted by molar-refractivity contribution is 9.10. The zero-order chi connectivity index (χ0) is 15.2. The maximum absolute atomic E-state index is 3.64. The van der Waals surface area contributed by atoms with Crippen LogP contribution in [0.4, 0.5) is 5.69 Å². The number of benzene rings is 1. The minimum absolute atomic E-state index is 0.753. The topological polar surface area (TPSA) is 18.5 Å². The van der Waals surface area contributed by atoms with Gasteiger partial charge >= 0.3 is 0 Å². The molecule has 0 bridgehead atoms. The number of anilines is 1. The van der Waals surface area contributed by atoms with Gasteiger partial charge in [-0.15, -0.1) is 0 Å². The largest absolute Gasteiger partial charge is 0.370 e. The predicted molar refractivity (Wildman–Crippen MR) is 95.1 cm³/mol. The number of hydrogen-bond acceptors (Lipinski definition) is 3. The standard InChI is InChI=1S/C17H28BrN3/c1-4-9-21(11-10-20(2)3)17-12-15(18)6-5-14(17)13-19-16-7-8-16/h5-6,12,16,19H,4,7-11,13H2,1-3H3. The van der Waals surface area contributed by atoms with Crippen LogP contribution in [0.25, 0.3) is 0 Å². The van der Waals surface area contributed by atoms with Gasteiger partial charge in [0.2, 0.25) is 0 Å². The molecular formula is C17H28BrN3. The second-order valence-electron chi connectivity index (χ2n) is 6.22. The molecule has 1 aliphatic carbocycles. The van der Waals surface area contributed by atoms with Crippen molar-refractivity contribution < 1.29 is 0 Å². The Morgan fingerprint density at radius 3 is 2.57 bits per heavy atom. The summed E-state index contributed by atoms with van der Waals surface area (Å²) in [4.78, 5) is 4.78. The van der Waals surface area contributed by atoms with Crippen molar-refractivity contribution in [3.05, 3.63) is 28.2 Å². The Balaban J connectivity index is 2.12. The average Bonchev–Trinajstić information content (AvgIpc) is 3.26. The molecule has 0 spiro atoms. The second-order valence-corrected chi connectivity index (χ2v) is 7.13.